The lowest BCUT2D eigenvalue weighted by Crippen LogP contribution is -2.34. The minimum atomic E-state index is -3.43. The molecule has 0 unspecified atom stereocenters. The molecule has 98 valence electrons. The molecule has 0 aromatic heterocycles. The third-order valence-corrected chi connectivity index (χ3v) is 5.24. The minimum absolute atomic E-state index is 0.0897. The van der Waals surface area contributed by atoms with Crippen molar-refractivity contribution in [3.63, 3.8) is 0 Å². The van der Waals surface area contributed by atoms with E-state index in [1.807, 2.05) is 30.3 Å². The summed E-state index contributed by atoms with van der Waals surface area (Å²) in [5.74, 6) is -0.383. The van der Waals surface area contributed by atoms with E-state index < -0.39 is 15.4 Å². The Balaban J connectivity index is 2.12. The first-order valence-corrected chi connectivity index (χ1v) is 7.53. The standard InChI is InChI=1S/C13H17NO3S/c1-13(2)10-18(16,17)14(12(13)15)9-8-11-6-4-3-5-7-11/h3-7H,8-10H2,1-2H3. The first-order chi connectivity index (χ1) is 8.33. The van der Waals surface area contributed by atoms with Gasteiger partial charge in [0, 0.05) is 6.54 Å². The van der Waals surface area contributed by atoms with E-state index in [0.29, 0.717) is 6.42 Å². The number of nitrogens with zero attached hydrogens (tertiary/aromatic N) is 1. The van der Waals surface area contributed by atoms with E-state index in [-0.39, 0.29) is 18.2 Å². The second-order valence-corrected chi connectivity index (χ2v) is 7.15. The van der Waals surface area contributed by atoms with Crippen LogP contribution in [0.15, 0.2) is 30.3 Å². The van der Waals surface area contributed by atoms with Gasteiger partial charge in [-0.2, -0.15) is 0 Å². The third-order valence-electron chi connectivity index (χ3n) is 3.13. The van der Waals surface area contributed by atoms with Crippen molar-refractivity contribution >= 4 is 15.9 Å². The number of rotatable bonds is 3. The lowest BCUT2D eigenvalue weighted by molar-refractivity contribution is -0.132. The van der Waals surface area contributed by atoms with E-state index in [0.717, 1.165) is 9.87 Å². The maximum Gasteiger partial charge on any atom is 0.242 e. The van der Waals surface area contributed by atoms with Gasteiger partial charge in [0.15, 0.2) is 0 Å². The van der Waals surface area contributed by atoms with Crippen LogP contribution in [-0.4, -0.2) is 30.9 Å². The average Bonchev–Trinajstić information content (AvgIpc) is 2.43. The molecule has 0 saturated carbocycles. The van der Waals surface area contributed by atoms with Crippen molar-refractivity contribution in [2.75, 3.05) is 12.3 Å². The predicted molar refractivity (Wildman–Crippen MR) is 69.4 cm³/mol. The van der Waals surface area contributed by atoms with E-state index in [4.69, 9.17) is 0 Å². The Kier molecular flexibility index (Phi) is 3.19. The molecule has 1 aliphatic heterocycles. The fourth-order valence-corrected chi connectivity index (χ4v) is 4.24. The highest BCUT2D eigenvalue weighted by atomic mass is 32.2. The molecule has 0 N–H and O–H groups in total. The van der Waals surface area contributed by atoms with Crippen molar-refractivity contribution in [2.45, 2.75) is 20.3 Å². The first-order valence-electron chi connectivity index (χ1n) is 5.92. The van der Waals surface area contributed by atoms with Crippen LogP contribution in [0.5, 0.6) is 0 Å². The Morgan fingerprint density at radius 2 is 1.83 bits per heavy atom. The molecule has 0 bridgehead atoms. The van der Waals surface area contributed by atoms with Gasteiger partial charge in [-0.05, 0) is 25.8 Å². The number of sulfonamides is 1. The van der Waals surface area contributed by atoms with Crippen LogP contribution in [0.3, 0.4) is 0 Å². The highest BCUT2D eigenvalue weighted by molar-refractivity contribution is 7.90. The van der Waals surface area contributed by atoms with Gasteiger partial charge in [0.2, 0.25) is 15.9 Å². The molecule has 1 heterocycles. The Bertz CT molecular complexity index is 549. The maximum atomic E-state index is 12.0. The minimum Gasteiger partial charge on any atom is -0.273 e. The average molecular weight is 267 g/mol. The smallest absolute Gasteiger partial charge is 0.242 e. The summed E-state index contributed by atoms with van der Waals surface area (Å²) in [6.07, 6.45) is 0.557. The molecule has 1 aromatic rings. The van der Waals surface area contributed by atoms with Gasteiger partial charge in [-0.1, -0.05) is 30.3 Å². The summed E-state index contributed by atoms with van der Waals surface area (Å²) < 4.78 is 24.9. The van der Waals surface area contributed by atoms with Crippen LogP contribution in [0.1, 0.15) is 19.4 Å². The van der Waals surface area contributed by atoms with Crippen molar-refractivity contribution < 1.29 is 13.2 Å². The van der Waals surface area contributed by atoms with Gasteiger partial charge in [-0.3, -0.25) is 4.79 Å². The van der Waals surface area contributed by atoms with Crippen molar-refractivity contribution in [3.05, 3.63) is 35.9 Å². The van der Waals surface area contributed by atoms with Gasteiger partial charge in [0.25, 0.3) is 0 Å². The van der Waals surface area contributed by atoms with E-state index in [9.17, 15) is 13.2 Å². The van der Waals surface area contributed by atoms with E-state index in [1.54, 1.807) is 13.8 Å². The molecule has 1 amide bonds. The van der Waals surface area contributed by atoms with Crippen LogP contribution >= 0.6 is 0 Å². The van der Waals surface area contributed by atoms with Crippen molar-refractivity contribution in [2.24, 2.45) is 5.41 Å². The highest BCUT2D eigenvalue weighted by Crippen LogP contribution is 2.31. The van der Waals surface area contributed by atoms with Gasteiger partial charge in [0.05, 0.1) is 11.2 Å². The zero-order valence-corrected chi connectivity index (χ0v) is 11.4. The van der Waals surface area contributed by atoms with Crippen molar-refractivity contribution in [1.29, 1.82) is 0 Å². The normalized spacial score (nSPS) is 21.2. The quantitative estimate of drug-likeness (QED) is 0.832. The lowest BCUT2D eigenvalue weighted by atomic mass is 9.95. The summed E-state index contributed by atoms with van der Waals surface area (Å²) in [7, 11) is -3.43. The summed E-state index contributed by atoms with van der Waals surface area (Å²) in [4.78, 5) is 12.0. The fraction of sp³-hybridized carbons (Fsp3) is 0.462. The van der Waals surface area contributed by atoms with Crippen LogP contribution in [-0.2, 0) is 21.2 Å². The molecule has 5 heteroatoms. The Morgan fingerprint density at radius 3 is 2.33 bits per heavy atom. The molecule has 2 rings (SSSR count). The van der Waals surface area contributed by atoms with Gasteiger partial charge in [-0.15, -0.1) is 0 Å². The Morgan fingerprint density at radius 1 is 1.22 bits per heavy atom. The zero-order chi connectivity index (χ0) is 13.4. The van der Waals surface area contributed by atoms with Gasteiger partial charge in [-0.25, -0.2) is 12.7 Å². The van der Waals surface area contributed by atoms with E-state index in [2.05, 4.69) is 0 Å². The number of hydrogen-bond donors (Lipinski definition) is 0. The molecule has 0 atom stereocenters. The Labute approximate surface area is 108 Å². The van der Waals surface area contributed by atoms with Crippen LogP contribution in [0.2, 0.25) is 0 Å². The van der Waals surface area contributed by atoms with Gasteiger partial charge < -0.3 is 0 Å². The largest absolute Gasteiger partial charge is 0.273 e. The summed E-state index contributed by atoms with van der Waals surface area (Å²) in [6.45, 7) is 3.58. The SMILES string of the molecule is CC1(C)CS(=O)(=O)N(CCc2ccccc2)C1=O. The third kappa shape index (κ3) is 2.41. The second-order valence-electron chi connectivity index (χ2n) is 5.25. The van der Waals surface area contributed by atoms with Crippen LogP contribution in [0.25, 0.3) is 0 Å². The molecule has 0 aliphatic carbocycles. The molecule has 0 spiro atoms. The monoisotopic (exact) mass is 267 g/mol. The van der Waals surface area contributed by atoms with E-state index >= 15 is 0 Å². The molecular formula is C13H17NO3S. The highest BCUT2D eigenvalue weighted by Gasteiger charge is 2.48. The molecule has 18 heavy (non-hydrogen) atoms. The van der Waals surface area contributed by atoms with Crippen LogP contribution in [0, 0.1) is 5.41 Å². The van der Waals surface area contributed by atoms with Gasteiger partial charge >= 0.3 is 0 Å². The second kappa shape index (κ2) is 4.39. The molecular weight excluding hydrogens is 250 g/mol. The van der Waals surface area contributed by atoms with Crippen LogP contribution in [0.4, 0.5) is 0 Å². The predicted octanol–water partition coefficient (Wildman–Crippen LogP) is 1.43. The number of benzene rings is 1. The molecule has 1 aliphatic rings. The number of amides is 1. The fourth-order valence-electron chi connectivity index (χ4n) is 2.18. The molecule has 1 fully saturated rings. The number of carbonyl (C=O) groups excluding carboxylic acids is 1. The summed E-state index contributed by atoms with van der Waals surface area (Å²) in [6, 6.07) is 9.57. The summed E-state index contributed by atoms with van der Waals surface area (Å²) in [5.41, 5.74) is 0.236. The number of carbonyl (C=O) groups is 1. The van der Waals surface area contributed by atoms with Crippen molar-refractivity contribution in [3.8, 4) is 0 Å². The van der Waals surface area contributed by atoms with Crippen LogP contribution < -0.4 is 0 Å². The molecule has 1 aromatic carbocycles. The summed E-state index contributed by atoms with van der Waals surface area (Å²) in [5, 5.41) is 0. The zero-order valence-electron chi connectivity index (χ0n) is 10.6. The van der Waals surface area contributed by atoms with Gasteiger partial charge in [0.1, 0.15) is 0 Å². The molecule has 1 saturated heterocycles. The topological polar surface area (TPSA) is 54.5 Å². The number of hydrogen-bond acceptors (Lipinski definition) is 3. The van der Waals surface area contributed by atoms with Crippen molar-refractivity contribution in [1.82, 2.24) is 4.31 Å². The summed E-state index contributed by atoms with van der Waals surface area (Å²) >= 11 is 0. The van der Waals surface area contributed by atoms with E-state index in [1.165, 1.54) is 0 Å². The Hall–Kier alpha value is -1.36. The molecule has 0 radical (unpaired) electrons. The first kappa shape index (κ1) is 13.1. The molecule has 4 nitrogen and oxygen atoms in total. The lowest BCUT2D eigenvalue weighted by Gasteiger charge is -2.17. The maximum absolute atomic E-state index is 12.0.